The lowest BCUT2D eigenvalue weighted by molar-refractivity contribution is -0.118. The average molecular weight is 299 g/mol. The van der Waals surface area contributed by atoms with Gasteiger partial charge in [-0.1, -0.05) is 18.2 Å². The summed E-state index contributed by atoms with van der Waals surface area (Å²) in [6.45, 7) is 1.29. The molecule has 1 atom stereocenters. The molecule has 0 fully saturated rings. The van der Waals surface area contributed by atoms with Crippen molar-refractivity contribution in [2.24, 2.45) is 0 Å². The molecule has 1 aromatic rings. The van der Waals surface area contributed by atoms with Gasteiger partial charge in [-0.15, -0.1) is 0 Å². The number of benzene rings is 1. The molecule has 2 rings (SSSR count). The summed E-state index contributed by atoms with van der Waals surface area (Å²) in [5.41, 5.74) is 0.245. The Bertz CT molecular complexity index is 662. The molecule has 1 heterocycles. The van der Waals surface area contributed by atoms with Crippen LogP contribution in [-0.4, -0.2) is 30.0 Å². The molecule has 0 aliphatic carbocycles. The van der Waals surface area contributed by atoms with Crippen molar-refractivity contribution < 1.29 is 17.4 Å². The van der Waals surface area contributed by atoms with Gasteiger partial charge in [0, 0.05) is 17.5 Å². The highest BCUT2D eigenvalue weighted by Gasteiger charge is 2.32. The largest absolute Gasteiger partial charge is 0.328 e. The van der Waals surface area contributed by atoms with E-state index < -0.39 is 20.6 Å². The SMILES string of the molecule is CC(=O)NC1=C(S(=O)c2ccccc2)CS(=O)(=O)C1. The lowest BCUT2D eigenvalue weighted by Gasteiger charge is -2.06. The van der Waals surface area contributed by atoms with Crippen molar-refractivity contribution in [2.45, 2.75) is 11.8 Å². The fraction of sp³-hybridized carbons (Fsp3) is 0.250. The number of rotatable bonds is 3. The molecular formula is C12H13NO4S2. The molecule has 19 heavy (non-hydrogen) atoms. The predicted octanol–water partition coefficient (Wildman–Crippen LogP) is 0.570. The van der Waals surface area contributed by atoms with Crippen molar-refractivity contribution in [1.82, 2.24) is 5.32 Å². The van der Waals surface area contributed by atoms with Gasteiger partial charge in [0.25, 0.3) is 0 Å². The average Bonchev–Trinajstić information content (AvgIpc) is 2.63. The summed E-state index contributed by atoms with van der Waals surface area (Å²) < 4.78 is 35.6. The fourth-order valence-corrected chi connectivity index (χ4v) is 5.26. The molecule has 0 bridgehead atoms. The summed E-state index contributed by atoms with van der Waals surface area (Å²) >= 11 is 0. The molecule has 0 radical (unpaired) electrons. The maximum absolute atomic E-state index is 12.4. The zero-order valence-electron chi connectivity index (χ0n) is 10.3. The Balaban J connectivity index is 2.39. The van der Waals surface area contributed by atoms with E-state index in [1.807, 2.05) is 0 Å². The van der Waals surface area contributed by atoms with Gasteiger partial charge in [-0.3, -0.25) is 4.79 Å². The first-order chi connectivity index (χ1) is 8.89. The molecule has 1 aliphatic heterocycles. The lowest BCUT2D eigenvalue weighted by Crippen LogP contribution is -2.22. The van der Waals surface area contributed by atoms with E-state index in [0.29, 0.717) is 4.90 Å². The van der Waals surface area contributed by atoms with Crippen LogP contribution in [-0.2, 0) is 25.4 Å². The number of sulfone groups is 1. The standard InChI is InChI=1S/C12H13NO4S2/c1-9(14)13-11-7-19(16,17)8-12(11)18(15)10-5-3-2-4-6-10/h2-6H,7-8H2,1H3,(H,13,14). The minimum absolute atomic E-state index is 0.245. The molecule has 1 N–H and O–H groups in total. The molecule has 0 spiro atoms. The predicted molar refractivity (Wildman–Crippen MR) is 72.3 cm³/mol. The zero-order valence-corrected chi connectivity index (χ0v) is 11.9. The van der Waals surface area contributed by atoms with E-state index in [1.54, 1.807) is 30.3 Å². The maximum Gasteiger partial charge on any atom is 0.221 e. The van der Waals surface area contributed by atoms with Gasteiger partial charge in [0.15, 0.2) is 9.84 Å². The van der Waals surface area contributed by atoms with Gasteiger partial charge in [-0.2, -0.15) is 0 Å². The topological polar surface area (TPSA) is 80.3 Å². The van der Waals surface area contributed by atoms with E-state index in [-0.39, 0.29) is 28.0 Å². The first-order valence-electron chi connectivity index (χ1n) is 5.56. The van der Waals surface area contributed by atoms with Gasteiger partial charge >= 0.3 is 0 Å². The van der Waals surface area contributed by atoms with Gasteiger partial charge in [0.1, 0.15) is 0 Å². The van der Waals surface area contributed by atoms with E-state index in [0.717, 1.165) is 0 Å². The van der Waals surface area contributed by atoms with E-state index in [1.165, 1.54) is 6.92 Å². The first kappa shape index (κ1) is 14.0. The zero-order chi connectivity index (χ0) is 14.0. The van der Waals surface area contributed by atoms with Crippen molar-refractivity contribution in [2.75, 3.05) is 11.5 Å². The number of carbonyl (C=O) groups excluding carboxylic acids is 1. The molecule has 1 aliphatic rings. The van der Waals surface area contributed by atoms with Crippen molar-refractivity contribution in [3.8, 4) is 0 Å². The summed E-state index contributed by atoms with van der Waals surface area (Å²) in [7, 11) is -4.89. The second-order valence-corrected chi connectivity index (χ2v) is 7.76. The summed E-state index contributed by atoms with van der Waals surface area (Å²) in [6, 6.07) is 8.58. The second kappa shape index (κ2) is 5.26. The van der Waals surface area contributed by atoms with Crippen molar-refractivity contribution in [3.63, 3.8) is 0 Å². The van der Waals surface area contributed by atoms with Crippen molar-refractivity contribution >= 4 is 26.5 Å². The minimum Gasteiger partial charge on any atom is -0.328 e. The molecule has 1 aromatic carbocycles. The molecule has 102 valence electrons. The third kappa shape index (κ3) is 3.30. The van der Waals surface area contributed by atoms with Crippen LogP contribution in [0, 0.1) is 0 Å². The van der Waals surface area contributed by atoms with Crippen LogP contribution in [0.2, 0.25) is 0 Å². The molecule has 5 nitrogen and oxygen atoms in total. The van der Waals surface area contributed by atoms with Gasteiger partial charge in [-0.05, 0) is 12.1 Å². The number of carbonyl (C=O) groups is 1. The van der Waals surface area contributed by atoms with E-state index >= 15 is 0 Å². The van der Waals surface area contributed by atoms with Crippen LogP contribution in [0.25, 0.3) is 0 Å². The Hall–Kier alpha value is -1.47. The Kier molecular flexibility index (Phi) is 3.86. The van der Waals surface area contributed by atoms with Crippen LogP contribution in [0.3, 0.4) is 0 Å². The van der Waals surface area contributed by atoms with E-state index in [4.69, 9.17) is 0 Å². The lowest BCUT2D eigenvalue weighted by atomic mass is 10.4. The van der Waals surface area contributed by atoms with Crippen LogP contribution < -0.4 is 5.32 Å². The van der Waals surface area contributed by atoms with Gasteiger partial charge in [-0.25, -0.2) is 12.6 Å². The van der Waals surface area contributed by atoms with Crippen LogP contribution in [0.4, 0.5) is 0 Å². The quantitative estimate of drug-likeness (QED) is 0.885. The monoisotopic (exact) mass is 299 g/mol. The van der Waals surface area contributed by atoms with Crippen molar-refractivity contribution in [3.05, 3.63) is 40.9 Å². The molecule has 0 saturated carbocycles. The minimum atomic E-state index is -3.33. The molecular weight excluding hydrogens is 286 g/mol. The third-order valence-corrected chi connectivity index (χ3v) is 5.74. The Morgan fingerprint density at radius 3 is 2.42 bits per heavy atom. The summed E-state index contributed by atoms with van der Waals surface area (Å²) in [4.78, 5) is 11.9. The summed E-state index contributed by atoms with van der Waals surface area (Å²) in [5, 5.41) is 2.47. The molecule has 1 amide bonds. The van der Waals surface area contributed by atoms with Gasteiger partial charge in [0.05, 0.1) is 27.2 Å². The highest BCUT2D eigenvalue weighted by Crippen LogP contribution is 2.25. The van der Waals surface area contributed by atoms with E-state index in [2.05, 4.69) is 5.32 Å². The fourth-order valence-electron chi connectivity index (χ4n) is 1.81. The Morgan fingerprint density at radius 2 is 1.84 bits per heavy atom. The third-order valence-electron chi connectivity index (χ3n) is 2.56. The first-order valence-corrected chi connectivity index (χ1v) is 8.53. The molecule has 1 unspecified atom stereocenters. The van der Waals surface area contributed by atoms with Crippen molar-refractivity contribution in [1.29, 1.82) is 0 Å². The van der Waals surface area contributed by atoms with E-state index in [9.17, 15) is 17.4 Å². The van der Waals surface area contributed by atoms with Gasteiger partial charge in [0.2, 0.25) is 5.91 Å². The summed E-state index contributed by atoms with van der Waals surface area (Å²) in [5.74, 6) is -0.903. The second-order valence-electron chi connectivity index (χ2n) is 4.20. The molecule has 0 saturated heterocycles. The maximum atomic E-state index is 12.4. The molecule has 0 aromatic heterocycles. The smallest absolute Gasteiger partial charge is 0.221 e. The van der Waals surface area contributed by atoms with Gasteiger partial charge < -0.3 is 5.32 Å². The van der Waals surface area contributed by atoms with Crippen LogP contribution in [0.15, 0.2) is 45.8 Å². The van der Waals surface area contributed by atoms with Crippen LogP contribution in [0.1, 0.15) is 6.92 Å². The number of hydrogen-bond donors (Lipinski definition) is 1. The highest BCUT2D eigenvalue weighted by molar-refractivity contribution is 7.95. The number of amides is 1. The number of hydrogen-bond acceptors (Lipinski definition) is 4. The highest BCUT2D eigenvalue weighted by atomic mass is 32.2. The Morgan fingerprint density at radius 1 is 1.21 bits per heavy atom. The van der Waals surface area contributed by atoms with Crippen LogP contribution in [0.5, 0.6) is 0 Å². The number of nitrogens with one attached hydrogen (secondary N) is 1. The Labute approximate surface area is 114 Å². The molecule has 7 heteroatoms. The normalized spacial score (nSPS) is 19.2. The van der Waals surface area contributed by atoms with Crippen LogP contribution >= 0.6 is 0 Å². The summed E-state index contributed by atoms with van der Waals surface area (Å²) in [6.07, 6.45) is 0.